The maximum absolute atomic E-state index is 13.9. The first-order valence-corrected chi connectivity index (χ1v) is 15.3. The summed E-state index contributed by atoms with van der Waals surface area (Å²) in [6.45, 7) is 5.35. The summed E-state index contributed by atoms with van der Waals surface area (Å²) in [5.41, 5.74) is 3.72. The molecule has 1 saturated heterocycles. The number of amides is 1. The van der Waals surface area contributed by atoms with Gasteiger partial charge in [0.25, 0.3) is 5.91 Å². The van der Waals surface area contributed by atoms with Crippen LogP contribution in [0, 0.1) is 30.6 Å². The lowest BCUT2D eigenvalue weighted by Crippen LogP contribution is -2.60. The highest BCUT2D eigenvalue weighted by Gasteiger charge is 2.50. The smallest absolute Gasteiger partial charge is 0.274 e. The highest BCUT2D eigenvalue weighted by atomic mass is 35.5. The van der Waals surface area contributed by atoms with Crippen molar-refractivity contribution in [1.29, 1.82) is 0 Å². The number of carbonyl (C=O) groups excluding carboxylic acids is 1. The topological polar surface area (TPSA) is 41.4 Å². The van der Waals surface area contributed by atoms with Crippen LogP contribution in [0.3, 0.4) is 0 Å². The van der Waals surface area contributed by atoms with Crippen molar-refractivity contribution in [2.75, 3.05) is 26.2 Å². The fourth-order valence-corrected chi connectivity index (χ4v) is 8.95. The maximum Gasteiger partial charge on any atom is 0.274 e. The quantitative estimate of drug-likeness (QED) is 0.322. The van der Waals surface area contributed by atoms with Crippen LogP contribution in [0.5, 0.6) is 0 Å². The molecule has 1 aliphatic heterocycles. The molecule has 2 heterocycles. The summed E-state index contributed by atoms with van der Waals surface area (Å²) in [5.74, 6) is 3.68. The molecule has 8 rings (SSSR count). The zero-order chi connectivity index (χ0) is 26.8. The zero-order valence-electron chi connectivity index (χ0n) is 22.1. The minimum absolute atomic E-state index is 0.0173. The second kappa shape index (κ2) is 10.1. The number of piperazine rings is 1. The van der Waals surface area contributed by atoms with Gasteiger partial charge in [-0.3, -0.25) is 9.69 Å². The highest BCUT2D eigenvalue weighted by molar-refractivity contribution is 6.35. The van der Waals surface area contributed by atoms with Crippen molar-refractivity contribution < 1.29 is 4.79 Å². The first-order valence-electron chi connectivity index (χ1n) is 14.2. The van der Waals surface area contributed by atoms with Gasteiger partial charge in [0.15, 0.2) is 5.69 Å². The van der Waals surface area contributed by atoms with Gasteiger partial charge in [0, 0.05) is 53.4 Å². The minimum atomic E-state index is -0.0173. The van der Waals surface area contributed by atoms with Crippen molar-refractivity contribution in [2.24, 2.45) is 23.7 Å². The molecule has 4 bridgehead atoms. The van der Waals surface area contributed by atoms with E-state index in [1.54, 1.807) is 16.8 Å². The van der Waals surface area contributed by atoms with Gasteiger partial charge in [-0.1, -0.05) is 46.9 Å². The van der Waals surface area contributed by atoms with Crippen LogP contribution in [-0.4, -0.2) is 57.7 Å². The van der Waals surface area contributed by atoms with E-state index in [-0.39, 0.29) is 5.91 Å². The molecule has 5 nitrogen and oxygen atoms in total. The summed E-state index contributed by atoms with van der Waals surface area (Å²) in [4.78, 5) is 18.6. The van der Waals surface area contributed by atoms with E-state index in [4.69, 9.17) is 39.9 Å². The summed E-state index contributed by atoms with van der Waals surface area (Å²) in [6, 6.07) is 13.6. The Balaban J connectivity index is 1.15. The Hall–Kier alpha value is -2.05. The highest BCUT2D eigenvalue weighted by Crippen LogP contribution is 2.55. The molecule has 3 aromatic rings. The number of hydrogen-bond donors (Lipinski definition) is 0. The van der Waals surface area contributed by atoms with Crippen molar-refractivity contribution in [1.82, 2.24) is 19.6 Å². The number of carbonyl (C=O) groups is 1. The summed E-state index contributed by atoms with van der Waals surface area (Å²) in [6.07, 6.45) is 7.18. The molecule has 8 heteroatoms. The molecule has 0 spiro atoms. The maximum atomic E-state index is 13.9. The molecule has 0 N–H and O–H groups in total. The summed E-state index contributed by atoms with van der Waals surface area (Å²) >= 11 is 19.0. The predicted molar refractivity (Wildman–Crippen MR) is 157 cm³/mol. The molecule has 0 atom stereocenters. The molecule has 2 aromatic carbocycles. The van der Waals surface area contributed by atoms with Gasteiger partial charge < -0.3 is 4.90 Å². The Kier molecular flexibility index (Phi) is 6.70. The molecule has 5 fully saturated rings. The van der Waals surface area contributed by atoms with Crippen molar-refractivity contribution >= 4 is 40.7 Å². The molecule has 0 unspecified atom stereocenters. The van der Waals surface area contributed by atoms with Gasteiger partial charge >= 0.3 is 0 Å². The van der Waals surface area contributed by atoms with Gasteiger partial charge in [0.05, 0.1) is 16.4 Å². The number of nitrogens with zero attached hydrogens (tertiary/aromatic N) is 4. The van der Waals surface area contributed by atoms with E-state index in [0.29, 0.717) is 26.4 Å². The van der Waals surface area contributed by atoms with Crippen molar-refractivity contribution in [3.05, 3.63) is 68.8 Å². The average molecular weight is 584 g/mol. The van der Waals surface area contributed by atoms with E-state index in [2.05, 4.69) is 4.90 Å². The van der Waals surface area contributed by atoms with Gasteiger partial charge in [-0.2, -0.15) is 5.10 Å². The Labute approximate surface area is 245 Å². The van der Waals surface area contributed by atoms with Crippen LogP contribution in [0.2, 0.25) is 15.1 Å². The number of hydrogen-bond acceptors (Lipinski definition) is 3. The number of rotatable bonds is 4. The largest absolute Gasteiger partial charge is 0.335 e. The third-order valence-electron chi connectivity index (χ3n) is 9.78. The van der Waals surface area contributed by atoms with Gasteiger partial charge in [-0.15, -0.1) is 0 Å². The fraction of sp³-hybridized carbons (Fsp3) is 0.484. The molecule has 0 radical (unpaired) electrons. The third kappa shape index (κ3) is 4.60. The molecule has 204 valence electrons. The Bertz CT molecular complexity index is 1380. The van der Waals surface area contributed by atoms with Crippen LogP contribution >= 0.6 is 34.8 Å². The van der Waals surface area contributed by atoms with Crippen molar-refractivity contribution in [3.63, 3.8) is 0 Å². The molecule has 5 aliphatic rings. The second-order valence-electron chi connectivity index (χ2n) is 12.1. The Morgan fingerprint density at radius 1 is 0.821 bits per heavy atom. The first-order chi connectivity index (χ1) is 18.9. The number of benzene rings is 2. The molecule has 39 heavy (non-hydrogen) atoms. The summed E-state index contributed by atoms with van der Waals surface area (Å²) in [5, 5.41) is 6.54. The Morgan fingerprint density at radius 2 is 1.44 bits per heavy atom. The lowest BCUT2D eigenvalue weighted by Gasteiger charge is -2.58. The molecule has 4 aliphatic carbocycles. The SMILES string of the molecule is Cc1c(C(=O)N2CCN(C3[C@H]4C[C@@H]5C[C@@H](C[C@H]3C5)C4)CC2)nn(-c2ccc(Cl)cc2Cl)c1-c1ccc(Cl)cc1. The first kappa shape index (κ1) is 25.9. The van der Waals surface area contributed by atoms with Gasteiger partial charge in [-0.05, 0) is 93.0 Å². The van der Waals surface area contributed by atoms with E-state index < -0.39 is 0 Å². The average Bonchev–Trinajstić information content (AvgIpc) is 3.25. The number of aromatic nitrogens is 2. The predicted octanol–water partition coefficient (Wildman–Crippen LogP) is 7.39. The molecular weight excluding hydrogens is 551 g/mol. The van der Waals surface area contributed by atoms with Gasteiger partial charge in [-0.25, -0.2) is 4.68 Å². The molecule has 1 amide bonds. The van der Waals surface area contributed by atoms with Crippen LogP contribution in [0.25, 0.3) is 16.9 Å². The molecule has 1 aromatic heterocycles. The van der Waals surface area contributed by atoms with Crippen molar-refractivity contribution in [3.8, 4) is 16.9 Å². The zero-order valence-corrected chi connectivity index (χ0v) is 24.4. The van der Waals surface area contributed by atoms with Crippen LogP contribution in [-0.2, 0) is 0 Å². The molecule has 4 saturated carbocycles. The van der Waals surface area contributed by atoms with Crippen LogP contribution < -0.4 is 0 Å². The monoisotopic (exact) mass is 582 g/mol. The van der Waals surface area contributed by atoms with Crippen LogP contribution in [0.4, 0.5) is 0 Å². The fourth-order valence-electron chi connectivity index (χ4n) is 8.34. The van der Waals surface area contributed by atoms with E-state index in [1.807, 2.05) is 42.2 Å². The lowest BCUT2D eigenvalue weighted by atomic mass is 9.54. The standard InChI is InChI=1S/C31H33Cl3N4O/c1-18-28(35-38(27-7-6-25(33)17-26(27)34)29(18)21-2-4-24(32)5-3-21)31(39)37-10-8-36(9-11-37)30-22-13-19-12-20(15-22)16-23(30)14-19/h2-7,17,19-20,22-23,30H,8-16H2,1H3/t19-,20+,22-,23+,30?. The second-order valence-corrected chi connectivity index (χ2v) is 13.4. The summed E-state index contributed by atoms with van der Waals surface area (Å²) in [7, 11) is 0. The van der Waals surface area contributed by atoms with Gasteiger partial charge in [0.1, 0.15) is 0 Å². The van der Waals surface area contributed by atoms with Gasteiger partial charge in [0.2, 0.25) is 0 Å². The van der Waals surface area contributed by atoms with E-state index >= 15 is 0 Å². The van der Waals surface area contributed by atoms with E-state index in [1.165, 1.54) is 32.1 Å². The van der Waals surface area contributed by atoms with Crippen molar-refractivity contribution in [2.45, 2.75) is 45.1 Å². The Morgan fingerprint density at radius 3 is 2.05 bits per heavy atom. The van der Waals surface area contributed by atoms with Crippen LogP contribution in [0.1, 0.15) is 48.2 Å². The normalized spacial score (nSPS) is 28.3. The van der Waals surface area contributed by atoms with E-state index in [0.717, 1.165) is 72.7 Å². The number of halogens is 3. The summed E-state index contributed by atoms with van der Waals surface area (Å²) < 4.78 is 1.77. The molecular formula is C31H33Cl3N4O. The van der Waals surface area contributed by atoms with E-state index in [9.17, 15) is 4.79 Å². The van der Waals surface area contributed by atoms with Crippen LogP contribution in [0.15, 0.2) is 42.5 Å². The third-order valence-corrected chi connectivity index (χ3v) is 10.6. The lowest BCUT2D eigenvalue weighted by molar-refractivity contribution is -0.0743. The minimum Gasteiger partial charge on any atom is -0.335 e.